The molecule has 2 aromatic heterocycles. The van der Waals surface area contributed by atoms with Crippen LogP contribution in [0.25, 0.3) is 0 Å². The molecule has 0 aliphatic heterocycles. The molecule has 0 bridgehead atoms. The Morgan fingerprint density at radius 3 is 2.45 bits per heavy atom. The average molecular weight is 408 g/mol. The summed E-state index contributed by atoms with van der Waals surface area (Å²) in [7, 11) is 0. The Labute approximate surface area is 172 Å². The summed E-state index contributed by atoms with van der Waals surface area (Å²) in [6.45, 7) is 0.608. The Balaban J connectivity index is 1.40. The Hall–Kier alpha value is -3.52. The summed E-state index contributed by atoms with van der Waals surface area (Å²) in [5.41, 5.74) is 2.00. The topological polar surface area (TPSA) is 100 Å². The number of anilines is 1. The van der Waals surface area contributed by atoms with Crippen molar-refractivity contribution in [2.75, 3.05) is 11.9 Å². The maximum atomic E-state index is 12.2. The molecule has 3 N–H and O–H groups in total. The van der Waals surface area contributed by atoms with E-state index in [9.17, 15) is 14.4 Å². The van der Waals surface area contributed by atoms with Gasteiger partial charge in [-0.2, -0.15) is 0 Å². The van der Waals surface area contributed by atoms with Crippen LogP contribution in [0, 0.1) is 0 Å². The molecular formula is C21H20N4O3S. The number of benzene rings is 1. The summed E-state index contributed by atoms with van der Waals surface area (Å²) in [4.78, 5) is 40.6. The van der Waals surface area contributed by atoms with E-state index in [-0.39, 0.29) is 30.7 Å². The van der Waals surface area contributed by atoms with Crippen molar-refractivity contribution in [2.45, 2.75) is 13.0 Å². The van der Waals surface area contributed by atoms with E-state index in [4.69, 9.17) is 0 Å². The van der Waals surface area contributed by atoms with Crippen LogP contribution >= 0.6 is 11.3 Å². The molecule has 7 nitrogen and oxygen atoms in total. The largest absolute Gasteiger partial charge is 0.352 e. The maximum Gasteiger partial charge on any atom is 0.261 e. The molecule has 0 saturated carbocycles. The predicted molar refractivity (Wildman–Crippen MR) is 112 cm³/mol. The van der Waals surface area contributed by atoms with E-state index in [1.54, 1.807) is 54.9 Å². The van der Waals surface area contributed by atoms with Crippen molar-refractivity contribution < 1.29 is 14.4 Å². The smallest absolute Gasteiger partial charge is 0.261 e. The van der Waals surface area contributed by atoms with Gasteiger partial charge >= 0.3 is 0 Å². The van der Waals surface area contributed by atoms with Crippen molar-refractivity contribution in [2.24, 2.45) is 0 Å². The molecule has 3 rings (SSSR count). The van der Waals surface area contributed by atoms with E-state index in [1.807, 2.05) is 11.4 Å². The fourth-order valence-corrected chi connectivity index (χ4v) is 3.14. The zero-order chi connectivity index (χ0) is 20.5. The number of nitrogens with zero attached hydrogens (tertiary/aromatic N) is 1. The molecule has 0 unspecified atom stereocenters. The van der Waals surface area contributed by atoms with Gasteiger partial charge in [0, 0.05) is 31.3 Å². The number of nitrogens with one attached hydrogen (secondary N) is 3. The molecule has 148 valence electrons. The average Bonchev–Trinajstić information content (AvgIpc) is 3.28. The fraction of sp³-hybridized carbons (Fsp3) is 0.143. The normalized spacial score (nSPS) is 10.2. The number of amides is 3. The summed E-state index contributed by atoms with van der Waals surface area (Å²) in [5.74, 6) is -0.574. The van der Waals surface area contributed by atoms with E-state index in [2.05, 4.69) is 20.9 Å². The van der Waals surface area contributed by atoms with Gasteiger partial charge in [-0.05, 0) is 41.3 Å². The number of carbonyl (C=O) groups excluding carboxylic acids is 3. The lowest BCUT2D eigenvalue weighted by atomic mass is 10.1. The molecule has 0 saturated heterocycles. The van der Waals surface area contributed by atoms with Gasteiger partial charge in [-0.3, -0.25) is 19.4 Å². The van der Waals surface area contributed by atoms with E-state index in [0.29, 0.717) is 22.7 Å². The second-order valence-electron chi connectivity index (χ2n) is 6.15. The van der Waals surface area contributed by atoms with Gasteiger partial charge in [-0.1, -0.05) is 18.2 Å². The van der Waals surface area contributed by atoms with Crippen molar-refractivity contribution in [1.82, 2.24) is 15.6 Å². The van der Waals surface area contributed by atoms with Crippen LogP contribution in [-0.4, -0.2) is 29.3 Å². The number of hydrogen-bond acceptors (Lipinski definition) is 5. The first kappa shape index (κ1) is 20.2. The molecule has 3 amide bonds. The van der Waals surface area contributed by atoms with Gasteiger partial charge in [0.1, 0.15) is 0 Å². The minimum absolute atomic E-state index is 0.119. The van der Waals surface area contributed by atoms with Crippen LogP contribution < -0.4 is 16.0 Å². The molecule has 0 fully saturated rings. The predicted octanol–water partition coefficient (Wildman–Crippen LogP) is 2.83. The molecule has 0 aliphatic rings. The van der Waals surface area contributed by atoms with Gasteiger partial charge in [0.15, 0.2) is 0 Å². The fourth-order valence-electron chi connectivity index (χ4n) is 2.50. The molecular weight excluding hydrogens is 388 g/mol. The maximum absolute atomic E-state index is 12.2. The Bertz CT molecular complexity index is 957. The van der Waals surface area contributed by atoms with Gasteiger partial charge < -0.3 is 16.0 Å². The molecule has 29 heavy (non-hydrogen) atoms. The third-order valence-corrected chi connectivity index (χ3v) is 4.87. The molecule has 2 heterocycles. The molecule has 3 aromatic rings. The van der Waals surface area contributed by atoms with Gasteiger partial charge in [-0.25, -0.2) is 0 Å². The second-order valence-corrected chi connectivity index (χ2v) is 7.10. The summed E-state index contributed by atoms with van der Waals surface area (Å²) >= 11 is 1.39. The molecule has 0 spiro atoms. The third kappa shape index (κ3) is 6.25. The number of aromatic nitrogens is 1. The monoisotopic (exact) mass is 408 g/mol. The minimum Gasteiger partial charge on any atom is -0.352 e. The number of hydrogen-bond donors (Lipinski definition) is 3. The molecule has 0 atom stereocenters. The molecule has 0 radical (unpaired) electrons. The molecule has 1 aromatic carbocycles. The van der Waals surface area contributed by atoms with E-state index < -0.39 is 0 Å². The highest BCUT2D eigenvalue weighted by atomic mass is 32.1. The first-order chi connectivity index (χ1) is 14.1. The number of thiophene rings is 1. The van der Waals surface area contributed by atoms with Crippen molar-refractivity contribution in [3.63, 3.8) is 0 Å². The Kier molecular flexibility index (Phi) is 7.07. The van der Waals surface area contributed by atoms with Gasteiger partial charge in [0.25, 0.3) is 11.8 Å². The number of carbonyl (C=O) groups is 3. The quantitative estimate of drug-likeness (QED) is 0.534. The first-order valence-corrected chi connectivity index (χ1v) is 9.88. The highest BCUT2D eigenvalue weighted by molar-refractivity contribution is 7.12. The lowest BCUT2D eigenvalue weighted by Crippen LogP contribution is -2.27. The van der Waals surface area contributed by atoms with Crippen molar-refractivity contribution in [1.29, 1.82) is 0 Å². The standard InChI is InChI=1S/C21H20N4O3S/c26-19(25-17-3-1-10-22-14-17)9-11-23-20(27)16-7-5-15(6-8-16)13-24-21(28)18-4-2-12-29-18/h1-8,10,12,14H,9,11,13H2,(H,23,27)(H,24,28)(H,25,26). The molecule has 0 aliphatic carbocycles. The second kappa shape index (κ2) is 10.1. The number of pyridine rings is 1. The van der Waals surface area contributed by atoms with Gasteiger partial charge in [-0.15, -0.1) is 11.3 Å². The lowest BCUT2D eigenvalue weighted by molar-refractivity contribution is -0.116. The SMILES string of the molecule is O=C(CCNC(=O)c1ccc(CNC(=O)c2cccs2)cc1)Nc1cccnc1. The Morgan fingerprint density at radius 2 is 1.76 bits per heavy atom. The summed E-state index contributed by atoms with van der Waals surface area (Å²) in [6, 6.07) is 14.0. The Morgan fingerprint density at radius 1 is 0.931 bits per heavy atom. The summed E-state index contributed by atoms with van der Waals surface area (Å²) in [5, 5.41) is 10.1. The van der Waals surface area contributed by atoms with Gasteiger partial charge in [0.05, 0.1) is 16.8 Å². The van der Waals surface area contributed by atoms with E-state index in [1.165, 1.54) is 11.3 Å². The van der Waals surface area contributed by atoms with Crippen LogP contribution in [-0.2, 0) is 11.3 Å². The number of rotatable bonds is 8. The van der Waals surface area contributed by atoms with Crippen molar-refractivity contribution in [3.8, 4) is 0 Å². The zero-order valence-electron chi connectivity index (χ0n) is 15.6. The van der Waals surface area contributed by atoms with Crippen LogP contribution in [0.4, 0.5) is 5.69 Å². The van der Waals surface area contributed by atoms with Crippen molar-refractivity contribution >= 4 is 34.7 Å². The lowest BCUT2D eigenvalue weighted by Gasteiger charge is -2.08. The van der Waals surface area contributed by atoms with Crippen LogP contribution in [0.3, 0.4) is 0 Å². The summed E-state index contributed by atoms with van der Waals surface area (Å²) in [6.07, 6.45) is 3.34. The van der Waals surface area contributed by atoms with Crippen LogP contribution in [0.5, 0.6) is 0 Å². The van der Waals surface area contributed by atoms with Crippen molar-refractivity contribution in [3.05, 3.63) is 82.3 Å². The summed E-state index contributed by atoms with van der Waals surface area (Å²) < 4.78 is 0. The highest BCUT2D eigenvalue weighted by Crippen LogP contribution is 2.09. The third-order valence-electron chi connectivity index (χ3n) is 4.00. The van der Waals surface area contributed by atoms with E-state index >= 15 is 0 Å². The first-order valence-electron chi connectivity index (χ1n) is 9.00. The minimum atomic E-state index is -0.256. The van der Waals surface area contributed by atoms with Crippen LogP contribution in [0.1, 0.15) is 32.0 Å². The molecule has 8 heteroatoms. The zero-order valence-corrected chi connectivity index (χ0v) is 16.4. The van der Waals surface area contributed by atoms with Gasteiger partial charge in [0.2, 0.25) is 5.91 Å². The van der Waals surface area contributed by atoms with E-state index in [0.717, 1.165) is 5.56 Å². The van der Waals surface area contributed by atoms with Crippen LogP contribution in [0.15, 0.2) is 66.3 Å². The highest BCUT2D eigenvalue weighted by Gasteiger charge is 2.09. The van der Waals surface area contributed by atoms with Crippen LogP contribution in [0.2, 0.25) is 0 Å².